The minimum atomic E-state index is 0.266. The number of nitrogens with zero attached hydrogens (tertiary/aromatic N) is 1. The van der Waals surface area contributed by atoms with Crippen molar-refractivity contribution in [3.63, 3.8) is 0 Å². The lowest BCUT2D eigenvalue weighted by Gasteiger charge is -2.00. The van der Waals surface area contributed by atoms with Crippen LogP contribution in [0.5, 0.6) is 5.75 Å². The fraction of sp³-hybridized carbons (Fsp3) is 0.0714. The number of nitrogens with one attached hydrogen (secondary N) is 1. The number of aryl methyl sites for hydroxylation is 1. The number of hydrogen-bond acceptors (Lipinski definition) is 2. The van der Waals surface area contributed by atoms with Gasteiger partial charge in [-0.25, -0.2) is 0 Å². The summed E-state index contributed by atoms with van der Waals surface area (Å²) in [6.45, 7) is 2.02. The molecule has 3 heteroatoms. The second kappa shape index (κ2) is 3.63. The van der Waals surface area contributed by atoms with Gasteiger partial charge in [0.2, 0.25) is 0 Å². The summed E-state index contributed by atoms with van der Waals surface area (Å²) in [5.74, 6) is 0.266. The summed E-state index contributed by atoms with van der Waals surface area (Å²) in [6.07, 6.45) is 3.85. The number of phenolic OH excluding ortho intramolecular Hbond substituents is 1. The molecular formula is C14H12N2O. The number of rotatable bonds is 1. The van der Waals surface area contributed by atoms with Crippen LogP contribution in [0.15, 0.2) is 35.3 Å². The Bertz CT molecular complexity index is 635. The number of aliphatic imine (C=N–C) groups is 1. The average molecular weight is 224 g/mol. The maximum Gasteiger partial charge on any atom is 0.116 e. The van der Waals surface area contributed by atoms with Gasteiger partial charge >= 0.3 is 0 Å². The molecule has 1 aromatic heterocycles. The zero-order valence-electron chi connectivity index (χ0n) is 9.44. The van der Waals surface area contributed by atoms with E-state index < -0.39 is 0 Å². The Morgan fingerprint density at radius 1 is 1.24 bits per heavy atom. The molecule has 3 rings (SSSR count). The summed E-state index contributed by atoms with van der Waals surface area (Å²) in [4.78, 5) is 7.55. The van der Waals surface area contributed by atoms with Crippen LogP contribution in [-0.4, -0.2) is 16.3 Å². The highest BCUT2D eigenvalue weighted by Crippen LogP contribution is 2.34. The Morgan fingerprint density at radius 3 is 2.88 bits per heavy atom. The number of benzene rings is 1. The van der Waals surface area contributed by atoms with E-state index >= 15 is 0 Å². The van der Waals surface area contributed by atoms with Crippen molar-refractivity contribution in [2.24, 2.45) is 4.99 Å². The van der Waals surface area contributed by atoms with Gasteiger partial charge < -0.3 is 10.1 Å². The van der Waals surface area contributed by atoms with Gasteiger partial charge in [-0.3, -0.25) is 4.99 Å². The molecule has 17 heavy (non-hydrogen) atoms. The molecular weight excluding hydrogens is 212 g/mol. The van der Waals surface area contributed by atoms with Crippen molar-refractivity contribution in [2.75, 3.05) is 0 Å². The van der Waals surface area contributed by atoms with E-state index in [-0.39, 0.29) is 5.75 Å². The van der Waals surface area contributed by atoms with Crippen molar-refractivity contribution in [3.8, 4) is 5.75 Å². The zero-order valence-corrected chi connectivity index (χ0v) is 9.44. The average Bonchev–Trinajstić information content (AvgIpc) is 2.87. The summed E-state index contributed by atoms with van der Waals surface area (Å²) in [7, 11) is 0. The van der Waals surface area contributed by atoms with Crippen molar-refractivity contribution in [1.82, 2.24) is 4.98 Å². The number of phenols is 1. The van der Waals surface area contributed by atoms with Crippen molar-refractivity contribution >= 4 is 23.6 Å². The van der Waals surface area contributed by atoms with Gasteiger partial charge in [0.05, 0.1) is 5.69 Å². The van der Waals surface area contributed by atoms with E-state index in [0.717, 1.165) is 28.2 Å². The van der Waals surface area contributed by atoms with Crippen LogP contribution >= 0.6 is 0 Å². The van der Waals surface area contributed by atoms with Crippen LogP contribution in [-0.2, 0) is 0 Å². The first kappa shape index (κ1) is 9.90. The lowest BCUT2D eigenvalue weighted by atomic mass is 10.1. The zero-order chi connectivity index (χ0) is 11.8. The molecule has 3 nitrogen and oxygen atoms in total. The molecule has 1 aliphatic heterocycles. The van der Waals surface area contributed by atoms with Crippen molar-refractivity contribution in [3.05, 3.63) is 47.3 Å². The van der Waals surface area contributed by atoms with Crippen LogP contribution in [0.3, 0.4) is 0 Å². The lowest BCUT2D eigenvalue weighted by Crippen LogP contribution is -1.81. The molecule has 0 spiro atoms. The van der Waals surface area contributed by atoms with Crippen molar-refractivity contribution in [2.45, 2.75) is 6.92 Å². The topological polar surface area (TPSA) is 48.4 Å². The van der Waals surface area contributed by atoms with Crippen LogP contribution in [0.1, 0.15) is 17.0 Å². The van der Waals surface area contributed by atoms with Gasteiger partial charge in [0.25, 0.3) is 0 Å². The number of aromatic nitrogens is 1. The number of aromatic hydroxyl groups is 1. The molecule has 2 heterocycles. The van der Waals surface area contributed by atoms with Gasteiger partial charge in [-0.15, -0.1) is 0 Å². The van der Waals surface area contributed by atoms with Gasteiger partial charge in [0.1, 0.15) is 5.75 Å². The number of hydrogen-bond donors (Lipinski definition) is 2. The number of allylic oxidation sites excluding steroid dienone is 1. The van der Waals surface area contributed by atoms with E-state index in [2.05, 4.69) is 9.98 Å². The molecule has 0 amide bonds. The van der Waals surface area contributed by atoms with Gasteiger partial charge in [0.15, 0.2) is 0 Å². The van der Waals surface area contributed by atoms with Crippen LogP contribution in [0.4, 0.5) is 5.69 Å². The van der Waals surface area contributed by atoms with E-state index in [1.54, 1.807) is 12.1 Å². The van der Waals surface area contributed by atoms with Gasteiger partial charge in [0, 0.05) is 28.7 Å². The van der Waals surface area contributed by atoms with E-state index in [0.29, 0.717) is 0 Å². The highest BCUT2D eigenvalue weighted by molar-refractivity contribution is 6.21. The highest BCUT2D eigenvalue weighted by atomic mass is 16.3. The molecule has 2 aromatic rings. The smallest absolute Gasteiger partial charge is 0.116 e. The second-order valence-electron chi connectivity index (χ2n) is 4.16. The van der Waals surface area contributed by atoms with Crippen LogP contribution in [0.2, 0.25) is 0 Å². The third-order valence-electron chi connectivity index (χ3n) is 2.80. The second-order valence-corrected chi connectivity index (χ2v) is 4.16. The molecule has 1 aliphatic rings. The Labute approximate surface area is 99.2 Å². The lowest BCUT2D eigenvalue weighted by molar-refractivity contribution is 0.475. The van der Waals surface area contributed by atoms with Crippen molar-refractivity contribution < 1.29 is 5.11 Å². The predicted molar refractivity (Wildman–Crippen MR) is 69.7 cm³/mol. The Balaban J connectivity index is 2.06. The van der Waals surface area contributed by atoms with Crippen molar-refractivity contribution in [1.29, 1.82) is 0 Å². The fourth-order valence-corrected chi connectivity index (χ4v) is 1.97. The normalized spacial score (nSPS) is 15.5. The van der Waals surface area contributed by atoms with Gasteiger partial charge in [-0.05, 0) is 43.3 Å². The molecule has 0 aliphatic carbocycles. The Morgan fingerprint density at radius 2 is 2.12 bits per heavy atom. The first-order chi connectivity index (χ1) is 8.22. The monoisotopic (exact) mass is 224 g/mol. The first-order valence-electron chi connectivity index (χ1n) is 5.47. The Kier molecular flexibility index (Phi) is 2.11. The molecule has 0 unspecified atom stereocenters. The van der Waals surface area contributed by atoms with Gasteiger partial charge in [-0.1, -0.05) is 0 Å². The van der Waals surface area contributed by atoms with Gasteiger partial charge in [-0.2, -0.15) is 0 Å². The summed E-state index contributed by atoms with van der Waals surface area (Å²) in [6, 6.07) is 9.27. The fourth-order valence-electron chi connectivity index (χ4n) is 1.97. The molecule has 0 bridgehead atoms. The quantitative estimate of drug-likeness (QED) is 0.767. The van der Waals surface area contributed by atoms with E-state index in [1.807, 2.05) is 37.4 Å². The minimum Gasteiger partial charge on any atom is -0.508 e. The summed E-state index contributed by atoms with van der Waals surface area (Å²) in [5.41, 5.74) is 5.05. The summed E-state index contributed by atoms with van der Waals surface area (Å²) >= 11 is 0. The van der Waals surface area contributed by atoms with E-state index in [4.69, 9.17) is 0 Å². The third kappa shape index (κ3) is 1.76. The molecule has 84 valence electrons. The number of aromatic amines is 1. The molecule has 2 N–H and O–H groups in total. The van der Waals surface area contributed by atoms with E-state index in [1.165, 1.54) is 0 Å². The van der Waals surface area contributed by atoms with E-state index in [9.17, 15) is 5.11 Å². The molecule has 0 atom stereocenters. The van der Waals surface area contributed by atoms with Crippen LogP contribution in [0, 0.1) is 6.92 Å². The SMILES string of the molecule is Cc1ccc(C=C2C=Nc3ccc(O)cc32)[nH]1. The molecule has 1 aromatic carbocycles. The largest absolute Gasteiger partial charge is 0.508 e. The summed E-state index contributed by atoms with van der Waals surface area (Å²) < 4.78 is 0. The third-order valence-corrected chi connectivity index (χ3v) is 2.80. The predicted octanol–water partition coefficient (Wildman–Crippen LogP) is 3.29. The summed E-state index contributed by atoms with van der Waals surface area (Å²) in [5, 5.41) is 9.49. The molecule has 0 saturated heterocycles. The molecule has 0 saturated carbocycles. The standard InChI is InChI=1S/C14H12N2O/c1-9-2-3-11(16-9)6-10-8-15-14-5-4-12(17)7-13(10)14/h2-8,16-17H,1H3. The Hall–Kier alpha value is -2.29. The van der Waals surface area contributed by atoms with Crippen LogP contribution in [0.25, 0.3) is 11.6 Å². The molecule has 0 radical (unpaired) electrons. The number of H-pyrrole nitrogens is 1. The maximum atomic E-state index is 9.49. The molecule has 0 fully saturated rings. The van der Waals surface area contributed by atoms with Crippen LogP contribution < -0.4 is 0 Å². The first-order valence-corrected chi connectivity index (χ1v) is 5.47. The minimum absolute atomic E-state index is 0.266. The number of fused-ring (bicyclic) bond motifs is 1. The highest BCUT2D eigenvalue weighted by Gasteiger charge is 2.12. The maximum absolute atomic E-state index is 9.49.